The average molecular weight is 399 g/mol. The van der Waals surface area contributed by atoms with E-state index in [-0.39, 0.29) is 43.4 Å². The molecule has 0 radical (unpaired) electrons. The maximum atomic E-state index is 12.2. The quantitative estimate of drug-likeness (QED) is 0.827. The lowest BCUT2D eigenvalue weighted by Crippen LogP contribution is -2.54. The molecule has 1 fully saturated rings. The molecule has 0 saturated carbocycles. The smallest absolute Gasteiger partial charge is 0.241 e. The molecule has 2 N–H and O–H groups in total. The van der Waals surface area contributed by atoms with Crippen molar-refractivity contribution in [3.05, 3.63) is 34.9 Å². The van der Waals surface area contributed by atoms with Crippen molar-refractivity contribution in [3.8, 4) is 0 Å². The Hall–Kier alpha value is -0.560. The first-order chi connectivity index (χ1) is 10.5. The lowest BCUT2D eigenvalue weighted by molar-refractivity contribution is -0.135. The van der Waals surface area contributed by atoms with E-state index in [2.05, 4.69) is 17.9 Å². The maximum Gasteiger partial charge on any atom is 0.241 e. The summed E-state index contributed by atoms with van der Waals surface area (Å²) < 4.78 is 4.95. The van der Waals surface area contributed by atoms with Crippen molar-refractivity contribution < 1.29 is 9.53 Å². The van der Waals surface area contributed by atoms with Crippen LogP contribution < -0.4 is 5.73 Å². The topological polar surface area (TPSA) is 58.8 Å². The molecule has 5 nitrogen and oxygen atoms in total. The number of rotatable bonds is 5. The predicted molar refractivity (Wildman–Crippen MR) is 102 cm³/mol. The Morgan fingerprint density at radius 2 is 1.83 bits per heavy atom. The van der Waals surface area contributed by atoms with E-state index in [1.54, 1.807) is 7.11 Å². The largest absolute Gasteiger partial charge is 0.383 e. The van der Waals surface area contributed by atoms with Crippen LogP contribution in [0.15, 0.2) is 24.3 Å². The molecule has 0 aromatic heterocycles. The van der Waals surface area contributed by atoms with Gasteiger partial charge in [0.2, 0.25) is 5.91 Å². The molecule has 2 atom stereocenters. The number of carbonyl (C=O) groups is 1. The number of carbonyl (C=O) groups excluding carboxylic acids is 1. The lowest BCUT2D eigenvalue weighted by Gasteiger charge is -2.39. The average Bonchev–Trinajstić information content (AvgIpc) is 2.54. The summed E-state index contributed by atoms with van der Waals surface area (Å²) in [6.45, 7) is 5.41. The van der Waals surface area contributed by atoms with Crippen molar-refractivity contribution >= 4 is 42.3 Å². The number of halogens is 3. The zero-order valence-electron chi connectivity index (χ0n) is 14.0. The summed E-state index contributed by atoms with van der Waals surface area (Å²) >= 11 is 6.27. The van der Waals surface area contributed by atoms with E-state index in [0.717, 1.165) is 23.7 Å². The van der Waals surface area contributed by atoms with Gasteiger partial charge in [-0.2, -0.15) is 0 Å². The van der Waals surface area contributed by atoms with Gasteiger partial charge in [-0.1, -0.05) is 29.8 Å². The van der Waals surface area contributed by atoms with Crippen molar-refractivity contribution in [2.45, 2.75) is 19.0 Å². The van der Waals surface area contributed by atoms with E-state index in [1.165, 1.54) is 0 Å². The van der Waals surface area contributed by atoms with Gasteiger partial charge in [-0.05, 0) is 18.6 Å². The van der Waals surface area contributed by atoms with Crippen LogP contribution in [-0.2, 0) is 9.53 Å². The molecule has 0 bridgehead atoms. The first kappa shape index (κ1) is 23.4. The number of nitrogens with zero attached hydrogens (tertiary/aromatic N) is 2. The zero-order valence-corrected chi connectivity index (χ0v) is 16.4. The van der Waals surface area contributed by atoms with Gasteiger partial charge in [-0.15, -0.1) is 24.8 Å². The summed E-state index contributed by atoms with van der Waals surface area (Å²) in [7, 11) is 1.55. The second-order valence-corrected chi connectivity index (χ2v) is 6.03. The van der Waals surface area contributed by atoms with Gasteiger partial charge in [-0.3, -0.25) is 9.69 Å². The minimum Gasteiger partial charge on any atom is -0.383 e. The van der Waals surface area contributed by atoms with Gasteiger partial charge in [-0.25, -0.2) is 0 Å². The maximum absolute atomic E-state index is 12.2. The highest BCUT2D eigenvalue weighted by molar-refractivity contribution is 6.31. The van der Waals surface area contributed by atoms with Crippen LogP contribution >= 0.6 is 36.4 Å². The van der Waals surface area contributed by atoms with Crippen molar-refractivity contribution in [1.29, 1.82) is 0 Å². The Balaban J connectivity index is 0.00000264. The fraction of sp³-hybridized carbons (Fsp3) is 0.562. The molecule has 0 aliphatic carbocycles. The van der Waals surface area contributed by atoms with E-state index in [9.17, 15) is 4.79 Å². The van der Waals surface area contributed by atoms with Gasteiger partial charge in [0.25, 0.3) is 0 Å². The molecule has 8 heteroatoms. The van der Waals surface area contributed by atoms with Crippen molar-refractivity contribution in [3.63, 3.8) is 0 Å². The van der Waals surface area contributed by atoms with Crippen LogP contribution in [0, 0.1) is 0 Å². The molecular formula is C16H26Cl3N3O2. The Labute approximate surface area is 161 Å². The predicted octanol–water partition coefficient (Wildman–Crippen LogP) is 2.36. The molecule has 1 saturated heterocycles. The molecule has 24 heavy (non-hydrogen) atoms. The molecule has 1 amide bonds. The minimum atomic E-state index is -0.572. The number of hydrogen-bond acceptors (Lipinski definition) is 4. The second-order valence-electron chi connectivity index (χ2n) is 5.62. The summed E-state index contributed by atoms with van der Waals surface area (Å²) in [4.78, 5) is 16.3. The van der Waals surface area contributed by atoms with E-state index in [4.69, 9.17) is 22.1 Å². The summed E-state index contributed by atoms with van der Waals surface area (Å²) in [5, 5.41) is 0.788. The monoisotopic (exact) mass is 397 g/mol. The first-order valence-corrected chi connectivity index (χ1v) is 7.94. The Morgan fingerprint density at radius 3 is 2.38 bits per heavy atom. The summed E-state index contributed by atoms with van der Waals surface area (Å²) in [6, 6.07) is 7.57. The van der Waals surface area contributed by atoms with Gasteiger partial charge < -0.3 is 15.4 Å². The fourth-order valence-corrected chi connectivity index (χ4v) is 3.12. The molecular weight excluding hydrogens is 373 g/mol. The van der Waals surface area contributed by atoms with Crippen molar-refractivity contribution in [2.75, 3.05) is 39.9 Å². The Bertz CT molecular complexity index is 511. The highest BCUT2D eigenvalue weighted by Crippen LogP contribution is 2.27. The van der Waals surface area contributed by atoms with Gasteiger partial charge in [0.1, 0.15) is 6.04 Å². The number of ether oxygens (including phenoxy) is 1. The van der Waals surface area contributed by atoms with E-state index in [1.807, 2.05) is 23.1 Å². The summed E-state index contributed by atoms with van der Waals surface area (Å²) in [5.41, 5.74) is 6.94. The van der Waals surface area contributed by atoms with Crippen LogP contribution in [0.5, 0.6) is 0 Å². The van der Waals surface area contributed by atoms with Crippen LogP contribution in [-0.4, -0.2) is 61.6 Å². The van der Waals surface area contributed by atoms with Crippen LogP contribution in [0.2, 0.25) is 5.02 Å². The molecule has 1 aromatic carbocycles. The minimum absolute atomic E-state index is 0. The molecule has 2 unspecified atom stereocenters. The highest BCUT2D eigenvalue weighted by atomic mass is 35.5. The van der Waals surface area contributed by atoms with Crippen LogP contribution in [0.3, 0.4) is 0 Å². The molecule has 2 rings (SSSR count). The SMILES string of the molecule is COCC(N)C(=O)N1CCN(C(C)c2ccccc2Cl)CC1.Cl.Cl. The lowest BCUT2D eigenvalue weighted by atomic mass is 10.1. The summed E-state index contributed by atoms with van der Waals surface area (Å²) in [6.07, 6.45) is 0. The Morgan fingerprint density at radius 1 is 1.25 bits per heavy atom. The van der Waals surface area contributed by atoms with Crippen molar-refractivity contribution in [1.82, 2.24) is 9.80 Å². The van der Waals surface area contributed by atoms with Gasteiger partial charge >= 0.3 is 0 Å². The van der Waals surface area contributed by atoms with Crippen LogP contribution in [0.4, 0.5) is 0 Å². The third kappa shape index (κ3) is 5.76. The van der Waals surface area contributed by atoms with Gasteiger partial charge in [0.15, 0.2) is 0 Å². The first-order valence-electron chi connectivity index (χ1n) is 7.56. The number of nitrogens with two attached hydrogens (primary N) is 1. The van der Waals surface area contributed by atoms with Gasteiger partial charge in [0.05, 0.1) is 6.61 Å². The zero-order chi connectivity index (χ0) is 16.1. The normalized spacial score (nSPS) is 17.4. The molecule has 1 heterocycles. The molecule has 138 valence electrons. The fourth-order valence-electron chi connectivity index (χ4n) is 2.83. The summed E-state index contributed by atoms with van der Waals surface area (Å²) in [5.74, 6) is -0.0353. The van der Waals surface area contributed by atoms with Crippen LogP contribution in [0.25, 0.3) is 0 Å². The number of benzene rings is 1. The van der Waals surface area contributed by atoms with Crippen molar-refractivity contribution in [2.24, 2.45) is 5.73 Å². The highest BCUT2D eigenvalue weighted by Gasteiger charge is 2.27. The Kier molecular flexibility index (Phi) is 10.9. The van der Waals surface area contributed by atoms with Crippen LogP contribution in [0.1, 0.15) is 18.5 Å². The number of methoxy groups -OCH3 is 1. The third-order valence-corrected chi connectivity index (χ3v) is 4.54. The van der Waals surface area contributed by atoms with Gasteiger partial charge in [0, 0.05) is 44.4 Å². The molecule has 1 aliphatic rings. The molecule has 0 spiro atoms. The number of hydrogen-bond donors (Lipinski definition) is 1. The van der Waals surface area contributed by atoms with E-state index in [0.29, 0.717) is 13.1 Å². The number of piperazine rings is 1. The molecule has 1 aliphatic heterocycles. The second kappa shape index (κ2) is 11.1. The molecule has 1 aromatic rings. The third-order valence-electron chi connectivity index (χ3n) is 4.19. The number of amides is 1. The van der Waals surface area contributed by atoms with E-state index >= 15 is 0 Å². The standard InChI is InChI=1S/C16H24ClN3O2.2ClH/c1-12(13-5-3-4-6-14(13)17)19-7-9-20(10-8-19)16(21)15(18)11-22-2;;/h3-6,12,15H,7-11,18H2,1-2H3;2*1H. The van der Waals surface area contributed by atoms with E-state index < -0.39 is 6.04 Å².